The molecule has 1 aromatic rings. The quantitative estimate of drug-likeness (QED) is 0.794. The van der Waals surface area contributed by atoms with Crippen molar-refractivity contribution in [2.45, 2.75) is 65.1 Å². The molecule has 1 heterocycles. The first kappa shape index (κ1) is 18.4. The molecule has 1 aromatic carbocycles. The molecule has 0 fully saturated rings. The minimum atomic E-state index is -0.669. The monoisotopic (exact) mass is 356 g/mol. The lowest BCUT2D eigenvalue weighted by Crippen LogP contribution is -2.50. The molecular weight excluding hydrogens is 333 g/mol. The Bertz CT molecular complexity index is 637. The summed E-state index contributed by atoms with van der Waals surface area (Å²) in [4.78, 5) is 4.59. The molecule has 0 atom stereocenters. The Kier molecular flexibility index (Phi) is 4.42. The van der Waals surface area contributed by atoms with Crippen LogP contribution in [0.5, 0.6) is 0 Å². The molecule has 1 aliphatic heterocycles. The maximum Gasteiger partial charge on any atom is 0.162 e. The molecule has 4 nitrogen and oxygen atoms in total. The highest BCUT2D eigenvalue weighted by Crippen LogP contribution is 2.41. The highest BCUT2D eigenvalue weighted by molar-refractivity contribution is 6.40. The van der Waals surface area contributed by atoms with Crippen LogP contribution in [-0.2, 0) is 5.21 Å². The van der Waals surface area contributed by atoms with Gasteiger partial charge in [0.2, 0.25) is 0 Å². The standard InChI is InChI=1S/C17H24Cl2N3O/c1-15(2,3)20-10-8-11(18)13(12(19)9-10)14-21-16(4,5)17(6,7)22(14)23/h8-9,20H,1-7H3. The fourth-order valence-electron chi connectivity index (χ4n) is 2.41. The zero-order valence-corrected chi connectivity index (χ0v) is 16.2. The maximum atomic E-state index is 12.7. The third kappa shape index (κ3) is 3.30. The van der Waals surface area contributed by atoms with Gasteiger partial charge in [0.25, 0.3) is 0 Å². The molecule has 0 unspecified atom stereocenters. The van der Waals surface area contributed by atoms with E-state index in [4.69, 9.17) is 23.2 Å². The lowest BCUT2D eigenvalue weighted by atomic mass is 9.84. The summed E-state index contributed by atoms with van der Waals surface area (Å²) in [6.07, 6.45) is 0. The van der Waals surface area contributed by atoms with Crippen molar-refractivity contribution in [2.24, 2.45) is 4.99 Å². The molecule has 0 aliphatic carbocycles. The third-order valence-corrected chi connectivity index (χ3v) is 4.96. The van der Waals surface area contributed by atoms with Crippen LogP contribution in [0.1, 0.15) is 54.0 Å². The number of anilines is 1. The van der Waals surface area contributed by atoms with Gasteiger partial charge in [-0.15, -0.1) is 0 Å². The molecule has 0 spiro atoms. The van der Waals surface area contributed by atoms with E-state index >= 15 is 0 Å². The lowest BCUT2D eigenvalue weighted by Gasteiger charge is -2.35. The Labute approximate surface area is 148 Å². The molecule has 0 bridgehead atoms. The van der Waals surface area contributed by atoms with Crippen molar-refractivity contribution in [3.63, 3.8) is 0 Å². The summed E-state index contributed by atoms with van der Waals surface area (Å²) in [5, 5.41) is 17.8. The summed E-state index contributed by atoms with van der Waals surface area (Å²) < 4.78 is 0. The number of rotatable bonds is 2. The van der Waals surface area contributed by atoms with E-state index in [2.05, 4.69) is 10.3 Å². The average molecular weight is 357 g/mol. The number of hydroxylamine groups is 2. The van der Waals surface area contributed by atoms with Crippen molar-refractivity contribution in [1.29, 1.82) is 0 Å². The second-order valence-electron chi connectivity index (χ2n) is 8.04. The van der Waals surface area contributed by atoms with Crippen molar-refractivity contribution >= 4 is 34.7 Å². The number of nitrogens with one attached hydrogen (secondary N) is 1. The van der Waals surface area contributed by atoms with E-state index in [0.29, 0.717) is 15.6 Å². The van der Waals surface area contributed by atoms with Gasteiger partial charge in [-0.2, -0.15) is 5.06 Å². The first-order valence-corrected chi connectivity index (χ1v) is 8.37. The van der Waals surface area contributed by atoms with Crippen molar-refractivity contribution in [3.8, 4) is 0 Å². The number of hydrogen-bond donors (Lipinski definition) is 1. The Balaban J connectivity index is 2.50. The fraction of sp³-hybridized carbons (Fsp3) is 0.588. The van der Waals surface area contributed by atoms with Gasteiger partial charge in [0.15, 0.2) is 5.84 Å². The van der Waals surface area contributed by atoms with E-state index in [1.165, 1.54) is 0 Å². The SMILES string of the molecule is CC(C)(C)Nc1cc(Cl)c(C2=NC(C)(C)C(C)(C)N2[O])c(Cl)c1. The zero-order chi connectivity index (χ0) is 17.8. The number of nitrogens with zero attached hydrogens (tertiary/aromatic N) is 2. The van der Waals surface area contributed by atoms with Gasteiger partial charge in [0, 0.05) is 11.2 Å². The summed E-state index contributed by atoms with van der Waals surface area (Å²) in [5.41, 5.74) is -0.0171. The molecule has 0 aromatic heterocycles. The molecule has 2 rings (SSSR count). The summed E-state index contributed by atoms with van der Waals surface area (Å²) in [6, 6.07) is 3.56. The zero-order valence-electron chi connectivity index (χ0n) is 14.7. The van der Waals surface area contributed by atoms with E-state index in [-0.39, 0.29) is 11.4 Å². The Morgan fingerprint density at radius 2 is 1.57 bits per heavy atom. The topological polar surface area (TPSA) is 47.5 Å². The predicted molar refractivity (Wildman–Crippen MR) is 97.1 cm³/mol. The second-order valence-corrected chi connectivity index (χ2v) is 8.85. The summed E-state index contributed by atoms with van der Waals surface area (Å²) in [5.74, 6) is 0.289. The minimum absolute atomic E-state index is 0.117. The first-order chi connectivity index (χ1) is 10.3. The molecule has 1 N–H and O–H groups in total. The predicted octanol–water partition coefficient (Wildman–Crippen LogP) is 5.17. The summed E-state index contributed by atoms with van der Waals surface area (Å²) >= 11 is 12.8. The van der Waals surface area contributed by atoms with Crippen LogP contribution in [-0.4, -0.2) is 27.5 Å². The Morgan fingerprint density at radius 1 is 1.09 bits per heavy atom. The average Bonchev–Trinajstić information content (AvgIpc) is 2.47. The van der Waals surface area contributed by atoms with Gasteiger partial charge in [-0.25, -0.2) is 0 Å². The van der Waals surface area contributed by atoms with Crippen LogP contribution in [0, 0.1) is 0 Å². The van der Waals surface area contributed by atoms with Crippen LogP contribution in [0.15, 0.2) is 17.1 Å². The highest BCUT2D eigenvalue weighted by atomic mass is 35.5. The van der Waals surface area contributed by atoms with Gasteiger partial charge in [0.05, 0.1) is 26.7 Å². The third-order valence-electron chi connectivity index (χ3n) is 4.37. The first-order valence-electron chi connectivity index (χ1n) is 7.61. The number of amidine groups is 1. The largest absolute Gasteiger partial charge is 0.380 e. The van der Waals surface area contributed by atoms with Crippen LogP contribution in [0.25, 0.3) is 0 Å². The molecular formula is C17H24Cl2N3O. The normalized spacial score (nSPS) is 19.7. The van der Waals surface area contributed by atoms with E-state index in [9.17, 15) is 5.21 Å². The molecule has 1 aliphatic rings. The number of aliphatic imine (C=N–C) groups is 1. The van der Waals surface area contributed by atoms with E-state index < -0.39 is 11.1 Å². The van der Waals surface area contributed by atoms with Gasteiger partial charge < -0.3 is 5.32 Å². The lowest BCUT2D eigenvalue weighted by molar-refractivity contribution is -0.158. The number of halogens is 2. The van der Waals surface area contributed by atoms with Crippen LogP contribution >= 0.6 is 23.2 Å². The summed E-state index contributed by atoms with van der Waals surface area (Å²) in [6.45, 7) is 13.8. The molecule has 23 heavy (non-hydrogen) atoms. The van der Waals surface area contributed by atoms with E-state index in [1.807, 2.05) is 48.5 Å². The van der Waals surface area contributed by atoms with E-state index in [0.717, 1.165) is 10.8 Å². The Morgan fingerprint density at radius 3 is 1.91 bits per heavy atom. The van der Waals surface area contributed by atoms with Crippen LogP contribution < -0.4 is 5.32 Å². The number of hydrogen-bond acceptors (Lipinski definition) is 3. The Hall–Kier alpha value is -0.970. The highest BCUT2D eigenvalue weighted by Gasteiger charge is 2.50. The van der Waals surface area contributed by atoms with Gasteiger partial charge >= 0.3 is 0 Å². The van der Waals surface area contributed by atoms with Crippen molar-refractivity contribution < 1.29 is 5.21 Å². The van der Waals surface area contributed by atoms with Gasteiger partial charge in [-0.1, -0.05) is 28.4 Å². The molecule has 0 amide bonds. The molecule has 0 saturated carbocycles. The maximum absolute atomic E-state index is 12.7. The van der Waals surface area contributed by atoms with Crippen molar-refractivity contribution in [2.75, 3.05) is 5.32 Å². The van der Waals surface area contributed by atoms with Gasteiger partial charge in [-0.3, -0.25) is 4.99 Å². The second kappa shape index (κ2) is 5.54. The van der Waals surface area contributed by atoms with Gasteiger partial charge in [0.1, 0.15) is 0 Å². The van der Waals surface area contributed by atoms with Crippen molar-refractivity contribution in [1.82, 2.24) is 5.06 Å². The number of benzene rings is 1. The minimum Gasteiger partial charge on any atom is -0.380 e. The molecule has 1 radical (unpaired) electrons. The molecule has 0 saturated heterocycles. The fourth-order valence-corrected chi connectivity index (χ4v) is 3.07. The summed E-state index contributed by atoms with van der Waals surface area (Å²) in [7, 11) is 0. The van der Waals surface area contributed by atoms with Crippen LogP contribution in [0.4, 0.5) is 5.69 Å². The van der Waals surface area contributed by atoms with Crippen LogP contribution in [0.3, 0.4) is 0 Å². The van der Waals surface area contributed by atoms with E-state index in [1.54, 1.807) is 12.1 Å². The van der Waals surface area contributed by atoms with Crippen LogP contribution in [0.2, 0.25) is 10.0 Å². The molecule has 127 valence electrons. The van der Waals surface area contributed by atoms with Crippen molar-refractivity contribution in [3.05, 3.63) is 27.7 Å². The molecule has 6 heteroatoms. The smallest absolute Gasteiger partial charge is 0.162 e. The van der Waals surface area contributed by atoms with Gasteiger partial charge in [-0.05, 0) is 60.6 Å².